The zero-order chi connectivity index (χ0) is 25.6. The molecule has 4 aliphatic carbocycles. The van der Waals surface area contributed by atoms with E-state index in [1.807, 2.05) is 11.8 Å². The number of fused-ring (bicyclic) bond motifs is 11. The van der Waals surface area contributed by atoms with E-state index in [9.17, 15) is 0 Å². The first-order valence-electron chi connectivity index (χ1n) is 14.4. The number of hydrogen-bond acceptors (Lipinski definition) is 1. The van der Waals surface area contributed by atoms with Crippen LogP contribution in [0.25, 0.3) is 33.8 Å². The van der Waals surface area contributed by atoms with E-state index < -0.39 is 0 Å². The molecule has 2 heteroatoms. The van der Waals surface area contributed by atoms with Gasteiger partial charge in [0, 0.05) is 32.1 Å². The van der Waals surface area contributed by atoms with Crippen molar-refractivity contribution in [3.63, 3.8) is 0 Å². The molecular weight excluding hydrogens is 490 g/mol. The van der Waals surface area contributed by atoms with Gasteiger partial charge in [-0.15, -0.1) is 0 Å². The smallest absolute Gasteiger partial charge is 0.0698 e. The van der Waals surface area contributed by atoms with Gasteiger partial charge in [0.15, 0.2) is 0 Å². The first-order chi connectivity index (χ1) is 19.4. The fourth-order valence-corrected chi connectivity index (χ4v) is 9.18. The number of nitrogens with zero attached hydrogens (tertiary/aromatic N) is 1. The van der Waals surface area contributed by atoms with Crippen LogP contribution in [0.5, 0.6) is 0 Å². The summed E-state index contributed by atoms with van der Waals surface area (Å²) in [7, 11) is 0. The zero-order valence-electron chi connectivity index (χ0n) is 21.9. The number of aromatic nitrogens is 1. The summed E-state index contributed by atoms with van der Waals surface area (Å²) >= 11 is 1.96. The van der Waals surface area contributed by atoms with Crippen molar-refractivity contribution in [1.82, 2.24) is 4.57 Å². The Hall–Kier alpha value is -3.75. The predicted octanol–water partition coefficient (Wildman–Crippen LogP) is 9.82. The van der Waals surface area contributed by atoms with Gasteiger partial charge in [0.05, 0.1) is 10.9 Å². The normalized spacial score (nSPS) is 22.0. The summed E-state index contributed by atoms with van der Waals surface area (Å²) in [5.41, 5.74) is 14.1. The van der Waals surface area contributed by atoms with Crippen LogP contribution in [0, 0.1) is 0 Å². The van der Waals surface area contributed by atoms with Crippen LogP contribution in [-0.2, 0) is 11.8 Å². The maximum atomic E-state index is 2.60. The Kier molecular flexibility index (Phi) is 4.61. The Morgan fingerprint density at radius 1 is 0.692 bits per heavy atom. The SMILES string of the molecule is C1=CC(n2c3c(c4cc5c(cc42)-c2ccccc2C52C4=C(C=CCC4)Sc4ccccc42)C=CCC3)=CCC1. The van der Waals surface area contributed by atoms with Gasteiger partial charge in [0.2, 0.25) is 0 Å². The fraction of sp³-hybridized carbons (Fsp3) is 0.189. The van der Waals surface area contributed by atoms with Gasteiger partial charge in [-0.1, -0.05) is 90.7 Å². The van der Waals surface area contributed by atoms with Crippen LogP contribution in [0.1, 0.15) is 60.1 Å². The lowest BCUT2D eigenvalue weighted by molar-refractivity contribution is 0.673. The van der Waals surface area contributed by atoms with E-state index in [2.05, 4.69) is 108 Å². The molecule has 0 N–H and O–H groups in total. The van der Waals surface area contributed by atoms with Crippen molar-refractivity contribution in [3.8, 4) is 11.1 Å². The van der Waals surface area contributed by atoms with Gasteiger partial charge >= 0.3 is 0 Å². The zero-order valence-corrected chi connectivity index (χ0v) is 22.7. The molecule has 188 valence electrons. The van der Waals surface area contributed by atoms with Crippen LogP contribution in [0.4, 0.5) is 0 Å². The largest absolute Gasteiger partial charge is 0.313 e. The molecule has 0 saturated heterocycles. The Bertz CT molecular complexity index is 1890. The second-order valence-corrected chi connectivity index (χ2v) is 12.4. The van der Waals surface area contributed by atoms with Crippen molar-refractivity contribution >= 4 is 34.4 Å². The molecule has 3 aromatic carbocycles. The monoisotopic (exact) mass is 519 g/mol. The second-order valence-electron chi connectivity index (χ2n) is 11.3. The van der Waals surface area contributed by atoms with E-state index in [4.69, 9.17) is 0 Å². The van der Waals surface area contributed by atoms with Crippen LogP contribution in [0.15, 0.2) is 112 Å². The lowest BCUT2D eigenvalue weighted by atomic mass is 9.65. The average molecular weight is 520 g/mol. The Labute approximate surface area is 233 Å². The molecule has 0 bridgehead atoms. The molecule has 1 nitrogen and oxygen atoms in total. The van der Waals surface area contributed by atoms with Gasteiger partial charge in [0.25, 0.3) is 0 Å². The highest BCUT2D eigenvalue weighted by molar-refractivity contribution is 8.03. The third-order valence-electron chi connectivity index (χ3n) is 9.43. The predicted molar refractivity (Wildman–Crippen MR) is 165 cm³/mol. The summed E-state index contributed by atoms with van der Waals surface area (Å²) in [6.07, 6.45) is 23.3. The number of benzene rings is 3. The van der Waals surface area contributed by atoms with Crippen LogP contribution in [-0.4, -0.2) is 4.57 Å². The van der Waals surface area contributed by atoms with Crippen molar-refractivity contribution in [2.45, 2.75) is 48.8 Å². The molecular formula is C37H29NS. The highest BCUT2D eigenvalue weighted by Gasteiger charge is 2.51. The minimum atomic E-state index is -0.237. The summed E-state index contributed by atoms with van der Waals surface area (Å²) < 4.78 is 2.58. The maximum absolute atomic E-state index is 2.60. The van der Waals surface area contributed by atoms with E-state index in [1.54, 1.807) is 5.57 Å². The topological polar surface area (TPSA) is 4.93 Å². The van der Waals surface area contributed by atoms with E-state index in [-0.39, 0.29) is 5.41 Å². The summed E-state index contributed by atoms with van der Waals surface area (Å²) in [5, 5.41) is 1.40. The third-order valence-corrected chi connectivity index (χ3v) is 10.6. The molecule has 2 heterocycles. The van der Waals surface area contributed by atoms with Crippen molar-refractivity contribution in [3.05, 3.63) is 136 Å². The number of thioether (sulfide) groups is 1. The number of hydrogen-bond donors (Lipinski definition) is 0. The summed E-state index contributed by atoms with van der Waals surface area (Å²) in [5.74, 6) is 0. The minimum absolute atomic E-state index is 0.237. The first-order valence-corrected chi connectivity index (χ1v) is 15.2. The van der Waals surface area contributed by atoms with E-state index in [0.29, 0.717) is 0 Å². The molecule has 1 unspecified atom stereocenters. The quantitative estimate of drug-likeness (QED) is 0.242. The van der Waals surface area contributed by atoms with Gasteiger partial charge in [-0.25, -0.2) is 0 Å². The molecule has 1 aliphatic heterocycles. The van der Waals surface area contributed by atoms with Crippen LogP contribution < -0.4 is 0 Å². The van der Waals surface area contributed by atoms with Gasteiger partial charge in [-0.05, 0) is 96.2 Å². The molecule has 0 amide bonds. The van der Waals surface area contributed by atoms with Gasteiger partial charge in [-0.2, -0.15) is 0 Å². The number of rotatable bonds is 1. The summed E-state index contributed by atoms with van der Waals surface area (Å²) in [6, 6.07) is 23.6. The molecule has 0 saturated carbocycles. The van der Waals surface area contributed by atoms with Crippen molar-refractivity contribution in [2.24, 2.45) is 0 Å². The minimum Gasteiger partial charge on any atom is -0.313 e. The first kappa shape index (κ1) is 22.1. The molecule has 39 heavy (non-hydrogen) atoms. The molecule has 1 spiro atoms. The highest BCUT2D eigenvalue weighted by atomic mass is 32.2. The molecule has 0 radical (unpaired) electrons. The van der Waals surface area contributed by atoms with E-state index in [0.717, 1.165) is 38.5 Å². The fourth-order valence-electron chi connectivity index (χ4n) is 7.92. The van der Waals surface area contributed by atoms with Crippen LogP contribution in [0.2, 0.25) is 0 Å². The average Bonchev–Trinajstić information content (AvgIpc) is 3.47. The summed E-state index contributed by atoms with van der Waals surface area (Å²) in [6.45, 7) is 0. The van der Waals surface area contributed by atoms with Gasteiger partial charge in [0.1, 0.15) is 0 Å². The van der Waals surface area contributed by atoms with Gasteiger partial charge in [-0.3, -0.25) is 0 Å². The van der Waals surface area contributed by atoms with Crippen molar-refractivity contribution in [2.75, 3.05) is 0 Å². The van der Waals surface area contributed by atoms with Crippen molar-refractivity contribution in [1.29, 1.82) is 0 Å². The maximum Gasteiger partial charge on any atom is 0.0698 e. The van der Waals surface area contributed by atoms with Crippen LogP contribution >= 0.6 is 11.8 Å². The Morgan fingerprint density at radius 2 is 1.51 bits per heavy atom. The molecule has 1 atom stereocenters. The number of allylic oxidation sites excluding steroid dienone is 8. The van der Waals surface area contributed by atoms with E-state index in [1.165, 1.54) is 65.5 Å². The molecule has 9 rings (SSSR count). The molecule has 4 aromatic rings. The van der Waals surface area contributed by atoms with Crippen LogP contribution in [0.3, 0.4) is 0 Å². The lowest BCUT2D eigenvalue weighted by Crippen LogP contribution is -2.33. The lowest BCUT2D eigenvalue weighted by Gasteiger charge is -2.42. The highest BCUT2D eigenvalue weighted by Crippen LogP contribution is 2.64. The van der Waals surface area contributed by atoms with E-state index >= 15 is 0 Å². The second kappa shape index (κ2) is 8.13. The molecule has 1 aromatic heterocycles. The Balaban J connectivity index is 1.44. The molecule has 0 fully saturated rings. The van der Waals surface area contributed by atoms with Crippen molar-refractivity contribution < 1.29 is 0 Å². The summed E-state index contributed by atoms with van der Waals surface area (Å²) in [4.78, 5) is 2.84. The standard InChI is InChI=1S/C37H29NS/c1-2-12-24(13-3-1)38-33-19-9-5-15-26(33)28-22-32-27(23-34(28)38)25-14-4-6-16-29(25)37(32)30-17-7-10-20-35(30)39-36-21-11-8-18-31(36)37/h2,4-7,10-17,20-23H,1,3,8-9,18-19H2. The Morgan fingerprint density at radius 3 is 2.44 bits per heavy atom. The molecule has 5 aliphatic rings. The van der Waals surface area contributed by atoms with Gasteiger partial charge < -0.3 is 4.57 Å². The third kappa shape index (κ3) is 2.83.